The molecule has 0 saturated heterocycles. The quantitative estimate of drug-likeness (QED) is 0.837. The van der Waals surface area contributed by atoms with Crippen molar-refractivity contribution in [1.82, 2.24) is 14.9 Å². The van der Waals surface area contributed by atoms with Gasteiger partial charge in [-0.15, -0.1) is 0 Å². The third-order valence-corrected chi connectivity index (χ3v) is 5.87. The first kappa shape index (κ1) is 19.8. The largest absolute Gasteiger partial charge is 0.507 e. The second kappa shape index (κ2) is 7.75. The Morgan fingerprint density at radius 3 is 2.76 bits per heavy atom. The fourth-order valence-electron chi connectivity index (χ4n) is 4.21. The van der Waals surface area contributed by atoms with Gasteiger partial charge in [-0.05, 0) is 30.2 Å². The second-order valence-electron chi connectivity index (χ2n) is 9.15. The molecule has 0 radical (unpaired) electrons. The molecule has 29 heavy (non-hydrogen) atoms. The summed E-state index contributed by atoms with van der Waals surface area (Å²) in [5, 5.41) is 10.8. The van der Waals surface area contributed by atoms with Gasteiger partial charge in [0.2, 0.25) is 0 Å². The molecule has 6 nitrogen and oxygen atoms in total. The zero-order chi connectivity index (χ0) is 20.6. The predicted molar refractivity (Wildman–Crippen MR) is 115 cm³/mol. The van der Waals surface area contributed by atoms with E-state index in [9.17, 15) is 9.90 Å². The number of phenols is 1. The fraction of sp³-hybridized carbons (Fsp3) is 0.522. The summed E-state index contributed by atoms with van der Waals surface area (Å²) >= 11 is 0. The molecule has 2 aliphatic rings. The molecule has 154 valence electrons. The Bertz CT molecular complexity index is 1000. The van der Waals surface area contributed by atoms with Crippen LogP contribution in [0, 0.1) is 0 Å². The summed E-state index contributed by atoms with van der Waals surface area (Å²) in [5.74, 6) is 1.01. The molecular formula is C23H30N4O2. The van der Waals surface area contributed by atoms with Gasteiger partial charge in [0.1, 0.15) is 5.75 Å². The van der Waals surface area contributed by atoms with Crippen LogP contribution in [0.3, 0.4) is 0 Å². The number of nitrogens with one attached hydrogen (secondary N) is 1. The summed E-state index contributed by atoms with van der Waals surface area (Å²) in [7, 11) is 0. The van der Waals surface area contributed by atoms with Crippen LogP contribution < -0.4 is 5.56 Å². The van der Waals surface area contributed by atoms with Crippen LogP contribution in [-0.4, -0.2) is 38.8 Å². The molecule has 0 unspecified atom stereocenters. The maximum absolute atomic E-state index is 12.8. The topological polar surface area (TPSA) is 81.6 Å². The van der Waals surface area contributed by atoms with Crippen molar-refractivity contribution in [2.24, 2.45) is 4.99 Å². The highest BCUT2D eigenvalue weighted by atomic mass is 16.3. The van der Waals surface area contributed by atoms with Gasteiger partial charge >= 0.3 is 0 Å². The van der Waals surface area contributed by atoms with Crippen molar-refractivity contribution >= 4 is 5.71 Å². The Balaban J connectivity index is 1.56. The monoisotopic (exact) mass is 394 g/mol. The van der Waals surface area contributed by atoms with E-state index in [1.54, 1.807) is 0 Å². The third-order valence-electron chi connectivity index (χ3n) is 5.87. The summed E-state index contributed by atoms with van der Waals surface area (Å²) in [6, 6.07) is 5.94. The minimum absolute atomic E-state index is 0.0596. The van der Waals surface area contributed by atoms with Crippen LogP contribution in [0.5, 0.6) is 5.75 Å². The first-order chi connectivity index (χ1) is 13.8. The van der Waals surface area contributed by atoms with E-state index in [1.165, 1.54) is 0 Å². The summed E-state index contributed by atoms with van der Waals surface area (Å²) in [6.07, 6.45) is 3.83. The SMILES string of the molecule is CC(C)(C)c1cccc(CN2CCc3nc(C4=NCCCC4)[nH]c(=O)c3C2)c1O. The maximum Gasteiger partial charge on any atom is 0.255 e. The minimum Gasteiger partial charge on any atom is -0.507 e. The number of aromatic hydroxyl groups is 1. The van der Waals surface area contributed by atoms with Crippen molar-refractivity contribution in [2.45, 2.75) is 65.0 Å². The number of rotatable bonds is 3. The number of fused-ring (bicyclic) bond motifs is 1. The summed E-state index contributed by atoms with van der Waals surface area (Å²) < 4.78 is 0. The Kier molecular flexibility index (Phi) is 5.30. The van der Waals surface area contributed by atoms with E-state index >= 15 is 0 Å². The maximum atomic E-state index is 12.8. The lowest BCUT2D eigenvalue weighted by Gasteiger charge is -2.29. The number of phenolic OH excluding ortho intramolecular Hbond substituents is 1. The molecule has 2 aromatic rings. The molecule has 0 atom stereocenters. The molecule has 2 aliphatic heterocycles. The van der Waals surface area contributed by atoms with Crippen molar-refractivity contribution < 1.29 is 5.11 Å². The molecular weight excluding hydrogens is 364 g/mol. The molecule has 0 spiro atoms. The van der Waals surface area contributed by atoms with E-state index in [0.717, 1.165) is 66.9 Å². The van der Waals surface area contributed by atoms with Crippen molar-refractivity contribution in [3.05, 3.63) is 56.8 Å². The van der Waals surface area contributed by atoms with Gasteiger partial charge in [0.25, 0.3) is 5.56 Å². The Hall–Kier alpha value is -2.47. The number of aliphatic imine (C=N–C) groups is 1. The average Bonchev–Trinajstić information content (AvgIpc) is 2.69. The molecule has 0 bridgehead atoms. The zero-order valence-electron chi connectivity index (χ0n) is 17.6. The van der Waals surface area contributed by atoms with Crippen LogP contribution in [0.1, 0.15) is 68.2 Å². The highest BCUT2D eigenvalue weighted by molar-refractivity contribution is 5.97. The van der Waals surface area contributed by atoms with E-state index in [1.807, 2.05) is 18.2 Å². The Morgan fingerprint density at radius 1 is 1.21 bits per heavy atom. The van der Waals surface area contributed by atoms with Crippen molar-refractivity contribution in [3.8, 4) is 5.75 Å². The number of H-pyrrole nitrogens is 1. The highest BCUT2D eigenvalue weighted by Crippen LogP contribution is 2.34. The van der Waals surface area contributed by atoms with Crippen LogP contribution in [0.15, 0.2) is 28.0 Å². The standard InChI is InChI=1S/C23H30N4O2/c1-23(2,3)17-8-6-7-15(20(17)28)13-27-12-10-18-16(14-27)22(29)26-21(25-18)19-9-4-5-11-24-19/h6-8,28H,4-5,9-14H2,1-3H3,(H,25,26,29). The molecule has 0 fully saturated rings. The molecule has 3 heterocycles. The third kappa shape index (κ3) is 4.13. The number of aromatic amines is 1. The second-order valence-corrected chi connectivity index (χ2v) is 9.15. The first-order valence-corrected chi connectivity index (χ1v) is 10.5. The van der Waals surface area contributed by atoms with Crippen LogP contribution in [-0.2, 0) is 24.9 Å². The molecule has 4 rings (SSSR count). The van der Waals surface area contributed by atoms with Crippen molar-refractivity contribution in [2.75, 3.05) is 13.1 Å². The highest BCUT2D eigenvalue weighted by Gasteiger charge is 2.25. The molecule has 0 amide bonds. The number of benzene rings is 1. The van der Waals surface area contributed by atoms with E-state index in [-0.39, 0.29) is 11.0 Å². The lowest BCUT2D eigenvalue weighted by molar-refractivity contribution is 0.238. The van der Waals surface area contributed by atoms with Crippen LogP contribution in [0.4, 0.5) is 0 Å². The molecule has 0 aliphatic carbocycles. The molecule has 2 N–H and O–H groups in total. The number of hydrogen-bond acceptors (Lipinski definition) is 5. The van der Waals surface area contributed by atoms with Gasteiger partial charge in [-0.25, -0.2) is 4.98 Å². The van der Waals surface area contributed by atoms with Gasteiger partial charge in [-0.1, -0.05) is 39.0 Å². The zero-order valence-corrected chi connectivity index (χ0v) is 17.6. The number of para-hydroxylation sites is 1. The number of hydrogen-bond donors (Lipinski definition) is 2. The van der Waals surface area contributed by atoms with Gasteiger partial charge in [0.05, 0.1) is 17.0 Å². The van der Waals surface area contributed by atoms with Crippen LogP contribution >= 0.6 is 0 Å². The number of aromatic nitrogens is 2. The molecule has 0 saturated carbocycles. The lowest BCUT2D eigenvalue weighted by Crippen LogP contribution is -2.36. The summed E-state index contributed by atoms with van der Waals surface area (Å²) in [4.78, 5) is 27.2. The van der Waals surface area contributed by atoms with E-state index < -0.39 is 0 Å². The minimum atomic E-state index is -0.117. The van der Waals surface area contributed by atoms with E-state index in [4.69, 9.17) is 4.98 Å². The van der Waals surface area contributed by atoms with Crippen molar-refractivity contribution in [3.63, 3.8) is 0 Å². The van der Waals surface area contributed by atoms with Gasteiger partial charge in [0.15, 0.2) is 5.82 Å². The smallest absolute Gasteiger partial charge is 0.255 e. The van der Waals surface area contributed by atoms with Gasteiger partial charge < -0.3 is 10.1 Å². The van der Waals surface area contributed by atoms with Crippen molar-refractivity contribution in [1.29, 1.82) is 0 Å². The lowest BCUT2D eigenvalue weighted by atomic mass is 9.85. The van der Waals surface area contributed by atoms with E-state index in [2.05, 4.69) is 35.6 Å². The summed E-state index contributed by atoms with van der Waals surface area (Å²) in [6.45, 7) is 9.09. The van der Waals surface area contributed by atoms with Gasteiger partial charge in [-0.2, -0.15) is 0 Å². The van der Waals surface area contributed by atoms with Crippen LogP contribution in [0.25, 0.3) is 0 Å². The van der Waals surface area contributed by atoms with E-state index in [0.29, 0.717) is 24.7 Å². The fourth-order valence-corrected chi connectivity index (χ4v) is 4.21. The van der Waals surface area contributed by atoms with Gasteiger partial charge in [-0.3, -0.25) is 14.7 Å². The average molecular weight is 395 g/mol. The molecule has 1 aromatic heterocycles. The Morgan fingerprint density at radius 2 is 2.03 bits per heavy atom. The molecule has 1 aromatic carbocycles. The first-order valence-electron chi connectivity index (χ1n) is 10.5. The normalized spacial score (nSPS) is 17.7. The van der Waals surface area contributed by atoms with Crippen LogP contribution in [0.2, 0.25) is 0 Å². The molecule has 6 heteroatoms. The predicted octanol–water partition coefficient (Wildman–Crippen LogP) is 3.30. The van der Waals surface area contributed by atoms with Gasteiger partial charge in [0, 0.05) is 38.2 Å². The summed E-state index contributed by atoms with van der Waals surface area (Å²) in [5.41, 5.74) is 4.23. The Labute approximate surface area is 171 Å². The number of nitrogens with zero attached hydrogens (tertiary/aromatic N) is 3.